The molecule has 1 amide bonds. The summed E-state index contributed by atoms with van der Waals surface area (Å²) in [5.41, 5.74) is 6.73. The average Bonchev–Trinajstić information content (AvgIpc) is 3.75. The Morgan fingerprint density at radius 1 is 0.859 bits per heavy atom. The number of primary amides is 1. The number of likely N-dealkylation sites (N-methyl/N-ethyl adjacent to an activating group) is 1. The lowest BCUT2D eigenvalue weighted by Gasteiger charge is -2.50. The summed E-state index contributed by atoms with van der Waals surface area (Å²) in [6.07, 6.45) is 3.64. The standard InChI is InChI=1S/C20H21N3O7.C13H16N2O5P2.C13H12NO3P.CH4/c1-23(2)14-7-6-9-12(15(25)11-8(22-9)4-3-5-10(11)24)17(27)20(7,30)18(28)13(16(14)26)19(21)29;1-15(2)9-6-4-3-5-7(16)13(6,20-22)11(17)8-10(9)18-14-12(8)19-21;14-10-7-4-8-11(17-18)12(10)13(15)16-9-5-2-1-3-6-9;/h3-5,7,9,14,22,24-25,28,30H,6H2,1-2H3,(H2,21,29);3,5-6,9H,4,21-22H2,1-2H3;1-8H,14,18H2;1H4/t7-,9-,14-,20-;6-,9-,13-;;/m00../s1. The Labute approximate surface area is 414 Å². The number of carbonyl (C=O) groups excluding carboxylic acids is 6. The van der Waals surface area contributed by atoms with E-state index in [0.717, 1.165) is 0 Å². The van der Waals surface area contributed by atoms with Crippen LogP contribution < -0.4 is 30.6 Å². The van der Waals surface area contributed by atoms with Crippen LogP contribution in [-0.2, 0) is 23.7 Å². The van der Waals surface area contributed by atoms with Gasteiger partial charge in [0.25, 0.3) is 11.8 Å². The zero-order chi connectivity index (χ0) is 51.1. The number of hydrogen-bond donors (Lipinski definition) is 7. The second-order valence-electron chi connectivity index (χ2n) is 17.0. The molecule has 3 aromatic carbocycles. The number of Topliss-reactive ketones (excluding diaryl/α,β-unsaturated/α-hetero) is 3. The van der Waals surface area contributed by atoms with Gasteiger partial charge in [-0.15, -0.1) is 0 Å². The number of ether oxygens (including phenoxy) is 1. The number of aromatic nitrogens is 1. The molecule has 0 radical (unpaired) electrons. The molecule has 2 heterocycles. The highest BCUT2D eigenvalue weighted by Crippen LogP contribution is 2.53. The van der Waals surface area contributed by atoms with E-state index in [1.807, 2.05) is 34.5 Å². The molecular formula is C47H53N6O15P3. The van der Waals surface area contributed by atoms with E-state index in [4.69, 9.17) is 34.3 Å². The molecule has 3 unspecified atom stereocenters. The van der Waals surface area contributed by atoms with Crippen LogP contribution in [0.4, 0.5) is 11.4 Å². The molecule has 9 N–H and O–H groups in total. The number of anilines is 2. The van der Waals surface area contributed by atoms with Gasteiger partial charge in [0, 0.05) is 32.7 Å². The largest absolute Gasteiger partial charge is 0.508 e. The number of hydrogen-bond acceptors (Lipinski definition) is 20. The van der Waals surface area contributed by atoms with Crippen molar-refractivity contribution in [3.05, 3.63) is 118 Å². The summed E-state index contributed by atoms with van der Waals surface area (Å²) in [7, 11) is 12.9. The SMILES string of the molecule is C.CN(C)[C@@H]1C(=O)C(C(N)=O)=C(O)[C@@]2(O)C(=O)C3=C(O)c4c(O)cccc4N[C@H]3C[C@@H]12.CN(C)[C@@H]1c2onc(OP)c2C(=O)[C@@]2(OP)C(=O)C=CC[C@@H]12.Nc1cccc(OP)c1C(=O)Oc1ccccc1. The summed E-state index contributed by atoms with van der Waals surface area (Å²) in [6.45, 7) is 0. The van der Waals surface area contributed by atoms with Crippen molar-refractivity contribution >= 4 is 80.5 Å². The van der Waals surface area contributed by atoms with E-state index in [1.54, 1.807) is 74.8 Å². The lowest BCUT2D eigenvalue weighted by molar-refractivity contribution is -0.152. The molecule has 1 fully saturated rings. The maximum absolute atomic E-state index is 13.4. The lowest BCUT2D eigenvalue weighted by Crippen LogP contribution is -2.67. The Morgan fingerprint density at radius 3 is 2.13 bits per heavy atom. The molecule has 4 aliphatic carbocycles. The van der Waals surface area contributed by atoms with Crippen LogP contribution in [0.2, 0.25) is 0 Å². The molecule has 24 heteroatoms. The van der Waals surface area contributed by atoms with Gasteiger partial charge in [-0.05, 0) is 88.7 Å². The smallest absolute Gasteiger partial charge is 0.349 e. The van der Waals surface area contributed by atoms with Gasteiger partial charge in [0.1, 0.15) is 45.5 Å². The number of nitrogens with two attached hydrogens (primary N) is 2. The van der Waals surface area contributed by atoms with Crippen molar-refractivity contribution in [2.45, 2.75) is 49.6 Å². The number of rotatable bonds is 8. The number of esters is 1. The molecule has 376 valence electrons. The zero-order valence-electron chi connectivity index (χ0n) is 37.8. The van der Waals surface area contributed by atoms with Crippen molar-refractivity contribution in [1.29, 1.82) is 0 Å². The minimum absolute atomic E-state index is 0. The molecule has 1 aromatic heterocycles. The summed E-state index contributed by atoms with van der Waals surface area (Å²) in [4.78, 5) is 79.1. The molecule has 4 aromatic rings. The van der Waals surface area contributed by atoms with Crippen molar-refractivity contribution in [2.75, 3.05) is 39.2 Å². The average molecular weight is 1030 g/mol. The minimum Gasteiger partial charge on any atom is -0.508 e. The van der Waals surface area contributed by atoms with Gasteiger partial charge in [-0.2, -0.15) is 0 Å². The summed E-state index contributed by atoms with van der Waals surface area (Å²) in [6, 6.07) is 16.0. The van der Waals surface area contributed by atoms with Gasteiger partial charge in [-0.3, -0.25) is 33.8 Å². The van der Waals surface area contributed by atoms with Crippen LogP contribution in [0.15, 0.2) is 100 Å². The number of phenols is 1. The van der Waals surface area contributed by atoms with Crippen LogP contribution in [0.1, 0.15) is 58.3 Å². The maximum atomic E-state index is 13.4. The Morgan fingerprint density at radius 2 is 1.52 bits per heavy atom. The maximum Gasteiger partial charge on any atom is 0.349 e. The Bertz CT molecular complexity index is 2910. The fraction of sp³-hybridized carbons (Fsp3) is 0.298. The number of aliphatic hydroxyl groups is 3. The van der Waals surface area contributed by atoms with Gasteiger partial charge in [-0.1, -0.05) is 43.8 Å². The van der Waals surface area contributed by atoms with Gasteiger partial charge >= 0.3 is 5.97 Å². The molecule has 0 spiro atoms. The van der Waals surface area contributed by atoms with Crippen LogP contribution in [0.25, 0.3) is 5.76 Å². The van der Waals surface area contributed by atoms with Gasteiger partial charge in [-0.25, -0.2) is 4.79 Å². The van der Waals surface area contributed by atoms with Gasteiger partial charge < -0.3 is 60.0 Å². The van der Waals surface area contributed by atoms with Crippen LogP contribution in [0, 0.1) is 11.8 Å². The Hall–Kier alpha value is -6.56. The molecule has 71 heavy (non-hydrogen) atoms. The topological polar surface area (TPSA) is 317 Å². The third-order valence-electron chi connectivity index (χ3n) is 12.8. The monoisotopic (exact) mass is 1030 g/mol. The molecule has 0 saturated heterocycles. The predicted octanol–water partition coefficient (Wildman–Crippen LogP) is 4.21. The normalized spacial score (nSPS) is 24.8. The molecule has 5 aliphatic rings. The lowest BCUT2D eigenvalue weighted by atomic mass is 9.60. The quantitative estimate of drug-likeness (QED) is 0.0325. The number of ketones is 4. The Kier molecular flexibility index (Phi) is 15.9. The summed E-state index contributed by atoms with van der Waals surface area (Å²) in [5.74, 6) is -6.74. The summed E-state index contributed by atoms with van der Waals surface area (Å²) < 4.78 is 26.0. The van der Waals surface area contributed by atoms with Gasteiger partial charge in [0.2, 0.25) is 17.2 Å². The number of benzene rings is 3. The molecule has 1 saturated carbocycles. The third-order valence-corrected chi connectivity index (χ3v) is 13.6. The summed E-state index contributed by atoms with van der Waals surface area (Å²) >= 11 is 0. The van der Waals surface area contributed by atoms with Crippen molar-refractivity contribution in [3.63, 3.8) is 0 Å². The number of nitrogens with one attached hydrogen (secondary N) is 1. The van der Waals surface area contributed by atoms with E-state index in [-0.39, 0.29) is 59.6 Å². The zero-order valence-corrected chi connectivity index (χ0v) is 41.3. The molecular weight excluding hydrogens is 981 g/mol. The first-order valence-corrected chi connectivity index (χ1v) is 22.6. The molecule has 10 atom stereocenters. The molecule has 1 aliphatic heterocycles. The summed E-state index contributed by atoms with van der Waals surface area (Å²) in [5, 5.41) is 49.8. The Balaban J connectivity index is 0.000000179. The number of nitrogens with zero attached hydrogens (tertiary/aromatic N) is 3. The van der Waals surface area contributed by atoms with Crippen LogP contribution in [0.5, 0.6) is 23.1 Å². The fourth-order valence-electron chi connectivity index (χ4n) is 9.70. The highest BCUT2D eigenvalue weighted by atomic mass is 31.0. The fourth-order valence-corrected chi connectivity index (χ4v) is 10.5. The first-order valence-electron chi connectivity index (χ1n) is 21.1. The first-order chi connectivity index (χ1) is 33.2. The predicted molar refractivity (Wildman–Crippen MR) is 267 cm³/mol. The first kappa shape index (κ1) is 53.8. The van der Waals surface area contributed by atoms with Crippen molar-refractivity contribution < 1.29 is 72.0 Å². The molecule has 21 nitrogen and oxygen atoms in total. The van der Waals surface area contributed by atoms with Gasteiger partial charge in [0.15, 0.2) is 22.9 Å². The number of carbonyl (C=O) groups is 6. The van der Waals surface area contributed by atoms with E-state index < -0.39 is 81.4 Å². The highest BCUT2D eigenvalue weighted by Gasteiger charge is 2.65. The van der Waals surface area contributed by atoms with Crippen molar-refractivity contribution in [2.24, 2.45) is 17.6 Å². The van der Waals surface area contributed by atoms with Crippen LogP contribution in [-0.4, -0.2) is 122 Å². The van der Waals surface area contributed by atoms with Crippen LogP contribution >= 0.6 is 28.4 Å². The number of allylic oxidation sites excluding steroid dienone is 1. The number of aromatic hydroxyl groups is 1. The van der Waals surface area contributed by atoms with Crippen molar-refractivity contribution in [3.8, 4) is 23.1 Å². The number of amides is 1. The highest BCUT2D eigenvalue weighted by molar-refractivity contribution is 7.10. The number of phenolic OH excluding ortho intramolecular Hbond substituents is 1. The number of aliphatic hydroxyl groups excluding tert-OH is 2. The van der Waals surface area contributed by atoms with Crippen LogP contribution in [0.3, 0.4) is 0 Å². The number of para-hydroxylation sites is 1. The van der Waals surface area contributed by atoms with Gasteiger partial charge in [0.05, 0.1) is 48.2 Å². The van der Waals surface area contributed by atoms with E-state index in [0.29, 0.717) is 35.1 Å². The van der Waals surface area contributed by atoms with E-state index in [9.17, 15) is 49.2 Å². The van der Waals surface area contributed by atoms with E-state index in [2.05, 4.69) is 29.4 Å². The molecule has 9 rings (SSSR count). The van der Waals surface area contributed by atoms with E-state index in [1.165, 1.54) is 17.0 Å². The molecule has 0 bridgehead atoms. The van der Waals surface area contributed by atoms with E-state index >= 15 is 0 Å². The minimum atomic E-state index is -2.64. The second-order valence-corrected chi connectivity index (χ2v) is 17.7. The van der Waals surface area contributed by atoms with Crippen molar-refractivity contribution in [1.82, 2.24) is 15.0 Å². The second kappa shape index (κ2) is 21.0. The third kappa shape index (κ3) is 8.96. The number of fused-ring (bicyclic) bond motifs is 5. The number of nitrogen functional groups attached to an aromatic ring is 1.